The SMILES string of the molecule is O=C(c1ccc(Cn2ccnc2)cc1)N1CC[C@H](Oc2ncc(Cl)cn2)C1. The van der Waals surface area contributed by atoms with Gasteiger partial charge in [0.15, 0.2) is 0 Å². The average Bonchev–Trinajstić information content (AvgIpc) is 3.36. The van der Waals surface area contributed by atoms with Crippen LogP contribution in [-0.4, -0.2) is 49.5 Å². The van der Waals surface area contributed by atoms with Crippen LogP contribution in [-0.2, 0) is 6.54 Å². The van der Waals surface area contributed by atoms with Gasteiger partial charge in [-0.25, -0.2) is 15.0 Å². The Bertz CT molecular complexity index is 897. The van der Waals surface area contributed by atoms with Gasteiger partial charge in [0.05, 0.1) is 30.3 Å². The third kappa shape index (κ3) is 4.25. The lowest BCUT2D eigenvalue weighted by Gasteiger charge is -2.17. The topological polar surface area (TPSA) is 73.1 Å². The van der Waals surface area contributed by atoms with Crippen molar-refractivity contribution < 1.29 is 9.53 Å². The molecule has 0 bridgehead atoms. The van der Waals surface area contributed by atoms with Gasteiger partial charge < -0.3 is 14.2 Å². The number of carbonyl (C=O) groups excluding carboxylic acids is 1. The number of benzene rings is 1. The van der Waals surface area contributed by atoms with Crippen LogP contribution in [0.15, 0.2) is 55.4 Å². The third-order valence-electron chi connectivity index (χ3n) is 4.43. The lowest BCUT2D eigenvalue weighted by Crippen LogP contribution is -2.31. The summed E-state index contributed by atoms with van der Waals surface area (Å²) in [7, 11) is 0. The predicted octanol–water partition coefficient (Wildman–Crippen LogP) is 2.67. The molecule has 1 atom stereocenters. The Morgan fingerprint density at radius 2 is 2.00 bits per heavy atom. The zero-order valence-corrected chi connectivity index (χ0v) is 15.3. The van der Waals surface area contributed by atoms with Gasteiger partial charge in [-0.05, 0) is 17.7 Å². The van der Waals surface area contributed by atoms with Crippen molar-refractivity contribution in [2.24, 2.45) is 0 Å². The Balaban J connectivity index is 1.34. The minimum Gasteiger partial charge on any atom is -0.458 e. The summed E-state index contributed by atoms with van der Waals surface area (Å²) in [6.45, 7) is 1.89. The summed E-state index contributed by atoms with van der Waals surface area (Å²) in [6.07, 6.45) is 9.05. The van der Waals surface area contributed by atoms with Gasteiger partial charge in [0, 0.05) is 37.5 Å². The molecule has 3 aromatic rings. The monoisotopic (exact) mass is 383 g/mol. The van der Waals surface area contributed by atoms with E-state index in [9.17, 15) is 4.79 Å². The number of aromatic nitrogens is 4. The van der Waals surface area contributed by atoms with Crippen molar-refractivity contribution in [3.8, 4) is 6.01 Å². The summed E-state index contributed by atoms with van der Waals surface area (Å²) in [5.41, 5.74) is 1.79. The van der Waals surface area contributed by atoms with Gasteiger partial charge in [0.25, 0.3) is 5.91 Å². The normalized spacial score (nSPS) is 16.5. The first-order chi connectivity index (χ1) is 13.2. The second kappa shape index (κ2) is 7.75. The molecule has 1 fully saturated rings. The molecule has 1 aliphatic heterocycles. The van der Waals surface area contributed by atoms with Crippen molar-refractivity contribution in [1.82, 2.24) is 24.4 Å². The molecule has 0 spiro atoms. The molecular weight excluding hydrogens is 366 g/mol. The number of halogens is 1. The van der Waals surface area contributed by atoms with Gasteiger partial charge in [-0.15, -0.1) is 0 Å². The van der Waals surface area contributed by atoms with E-state index in [1.165, 1.54) is 12.4 Å². The van der Waals surface area contributed by atoms with Crippen LogP contribution in [0, 0.1) is 0 Å². The Kier molecular flexibility index (Phi) is 5.02. The van der Waals surface area contributed by atoms with Crippen LogP contribution >= 0.6 is 11.6 Å². The van der Waals surface area contributed by atoms with E-state index in [2.05, 4.69) is 15.0 Å². The highest BCUT2D eigenvalue weighted by atomic mass is 35.5. The Labute approximate surface area is 161 Å². The van der Waals surface area contributed by atoms with E-state index in [4.69, 9.17) is 16.3 Å². The molecule has 3 heterocycles. The highest BCUT2D eigenvalue weighted by Gasteiger charge is 2.28. The zero-order valence-electron chi connectivity index (χ0n) is 14.5. The number of likely N-dealkylation sites (tertiary alicyclic amines) is 1. The summed E-state index contributed by atoms with van der Waals surface area (Å²) < 4.78 is 7.73. The van der Waals surface area contributed by atoms with Crippen molar-refractivity contribution in [1.29, 1.82) is 0 Å². The van der Waals surface area contributed by atoms with Gasteiger partial charge >= 0.3 is 6.01 Å². The van der Waals surface area contributed by atoms with Crippen LogP contribution in [0.2, 0.25) is 5.02 Å². The maximum atomic E-state index is 12.7. The first kappa shape index (κ1) is 17.5. The molecule has 4 rings (SSSR count). The van der Waals surface area contributed by atoms with E-state index in [1.54, 1.807) is 17.4 Å². The first-order valence-electron chi connectivity index (χ1n) is 8.65. The van der Waals surface area contributed by atoms with Gasteiger partial charge in [0.2, 0.25) is 0 Å². The first-order valence-corrected chi connectivity index (χ1v) is 9.03. The maximum absolute atomic E-state index is 12.7. The van der Waals surface area contributed by atoms with Gasteiger partial charge in [-0.1, -0.05) is 23.7 Å². The minimum atomic E-state index is -0.115. The second-order valence-electron chi connectivity index (χ2n) is 6.40. The zero-order chi connectivity index (χ0) is 18.6. The molecule has 0 radical (unpaired) electrons. The van der Waals surface area contributed by atoms with Crippen molar-refractivity contribution in [2.45, 2.75) is 19.1 Å². The number of ether oxygens (including phenoxy) is 1. The van der Waals surface area contributed by atoms with Crippen LogP contribution in [0.5, 0.6) is 6.01 Å². The summed E-state index contributed by atoms with van der Waals surface area (Å²) >= 11 is 5.77. The van der Waals surface area contributed by atoms with Crippen molar-refractivity contribution in [3.05, 3.63) is 71.5 Å². The summed E-state index contributed by atoms with van der Waals surface area (Å²) in [5, 5.41) is 0.460. The van der Waals surface area contributed by atoms with Gasteiger partial charge in [0.1, 0.15) is 6.10 Å². The summed E-state index contributed by atoms with van der Waals surface area (Å²) in [6, 6.07) is 7.95. The summed E-state index contributed by atoms with van der Waals surface area (Å²) in [4.78, 5) is 26.6. The second-order valence-corrected chi connectivity index (χ2v) is 6.83. The number of hydrogen-bond acceptors (Lipinski definition) is 5. The molecule has 7 nitrogen and oxygen atoms in total. The van der Waals surface area contributed by atoms with E-state index in [1.807, 2.05) is 35.0 Å². The molecule has 27 heavy (non-hydrogen) atoms. The fourth-order valence-corrected chi connectivity index (χ4v) is 3.14. The van der Waals surface area contributed by atoms with E-state index in [0.717, 1.165) is 18.5 Å². The molecule has 0 N–H and O–H groups in total. The molecule has 2 aromatic heterocycles. The van der Waals surface area contributed by atoms with Crippen molar-refractivity contribution in [3.63, 3.8) is 0 Å². The van der Waals surface area contributed by atoms with Gasteiger partial charge in [-0.3, -0.25) is 4.79 Å². The van der Waals surface area contributed by atoms with Crippen LogP contribution in [0.25, 0.3) is 0 Å². The number of rotatable bonds is 5. The van der Waals surface area contributed by atoms with Crippen LogP contribution in [0.4, 0.5) is 0 Å². The largest absolute Gasteiger partial charge is 0.458 e. The molecule has 0 aliphatic carbocycles. The number of nitrogens with zero attached hydrogens (tertiary/aromatic N) is 5. The van der Waals surface area contributed by atoms with E-state index >= 15 is 0 Å². The summed E-state index contributed by atoms with van der Waals surface area (Å²) in [5.74, 6) is 0.00676. The molecule has 0 saturated carbocycles. The number of hydrogen-bond donors (Lipinski definition) is 0. The molecule has 1 aliphatic rings. The highest BCUT2D eigenvalue weighted by Crippen LogP contribution is 2.18. The molecule has 0 unspecified atom stereocenters. The predicted molar refractivity (Wildman–Crippen MR) is 99.7 cm³/mol. The number of amides is 1. The molecule has 1 saturated heterocycles. The van der Waals surface area contributed by atoms with E-state index in [0.29, 0.717) is 23.7 Å². The van der Waals surface area contributed by atoms with Crippen LogP contribution in [0.3, 0.4) is 0 Å². The average molecular weight is 384 g/mol. The fourth-order valence-electron chi connectivity index (χ4n) is 3.05. The number of imidazole rings is 1. The lowest BCUT2D eigenvalue weighted by molar-refractivity contribution is 0.0769. The smallest absolute Gasteiger partial charge is 0.316 e. The Morgan fingerprint density at radius 1 is 1.22 bits per heavy atom. The molecular formula is C19H18ClN5O2. The molecule has 138 valence electrons. The molecule has 1 aromatic carbocycles. The lowest BCUT2D eigenvalue weighted by atomic mass is 10.1. The van der Waals surface area contributed by atoms with Crippen LogP contribution in [0.1, 0.15) is 22.3 Å². The van der Waals surface area contributed by atoms with Crippen molar-refractivity contribution in [2.75, 3.05) is 13.1 Å². The Hall–Kier alpha value is -2.93. The maximum Gasteiger partial charge on any atom is 0.316 e. The van der Waals surface area contributed by atoms with E-state index < -0.39 is 0 Å². The standard InChI is InChI=1S/C19H18ClN5O2/c20-16-9-22-19(23-10-16)27-17-5-7-25(12-17)18(26)15-3-1-14(2-4-15)11-24-8-6-21-13-24/h1-4,6,8-10,13,17H,5,7,11-12H2/t17-/m0/s1. The third-order valence-corrected chi connectivity index (χ3v) is 4.62. The Morgan fingerprint density at radius 3 is 2.70 bits per heavy atom. The van der Waals surface area contributed by atoms with E-state index in [-0.39, 0.29) is 18.0 Å². The van der Waals surface area contributed by atoms with Gasteiger partial charge in [-0.2, -0.15) is 0 Å². The fraction of sp³-hybridized carbons (Fsp3) is 0.263. The quantitative estimate of drug-likeness (QED) is 0.677. The highest BCUT2D eigenvalue weighted by molar-refractivity contribution is 6.30. The molecule has 1 amide bonds. The number of carbonyl (C=O) groups is 1. The molecule has 8 heteroatoms. The minimum absolute atomic E-state index is 0.00676. The van der Waals surface area contributed by atoms with Crippen LogP contribution < -0.4 is 4.74 Å². The van der Waals surface area contributed by atoms with Crippen molar-refractivity contribution >= 4 is 17.5 Å².